The molecule has 0 aliphatic carbocycles. The van der Waals surface area contributed by atoms with Crippen molar-refractivity contribution in [2.45, 2.75) is 32.4 Å². The van der Waals surface area contributed by atoms with E-state index in [1.165, 1.54) is 0 Å². The Morgan fingerprint density at radius 2 is 2.19 bits per heavy atom. The first-order chi connectivity index (χ1) is 9.92. The van der Waals surface area contributed by atoms with Gasteiger partial charge in [0.2, 0.25) is 0 Å². The lowest BCUT2D eigenvalue weighted by Crippen LogP contribution is -2.57. The highest BCUT2D eigenvalue weighted by Gasteiger charge is 2.33. The Hall–Kier alpha value is -2.24. The zero-order valence-electron chi connectivity index (χ0n) is 12.5. The molecular formula is C15H20N4O2. The Morgan fingerprint density at radius 1 is 1.43 bits per heavy atom. The van der Waals surface area contributed by atoms with E-state index >= 15 is 0 Å². The molecule has 112 valence electrons. The number of nitrogens with one attached hydrogen (secondary N) is 2. The summed E-state index contributed by atoms with van der Waals surface area (Å²) in [5, 5.41) is 11.5. The predicted octanol–water partition coefficient (Wildman–Crippen LogP) is 2.59. The van der Waals surface area contributed by atoms with E-state index in [0.717, 1.165) is 16.6 Å². The third-order valence-corrected chi connectivity index (χ3v) is 3.37. The minimum absolute atomic E-state index is 0.242. The largest absolute Gasteiger partial charge is 0.444 e. The van der Waals surface area contributed by atoms with Crippen LogP contribution in [0.5, 0.6) is 0 Å². The molecule has 0 saturated carbocycles. The summed E-state index contributed by atoms with van der Waals surface area (Å²) in [6.45, 7) is 6.93. The number of carbonyl (C=O) groups is 1. The van der Waals surface area contributed by atoms with Crippen molar-refractivity contribution in [2.24, 2.45) is 0 Å². The molecule has 0 unspecified atom stereocenters. The highest BCUT2D eigenvalue weighted by atomic mass is 16.6. The Morgan fingerprint density at radius 3 is 2.90 bits per heavy atom. The van der Waals surface area contributed by atoms with E-state index in [1.807, 2.05) is 39.0 Å². The standard InChI is InChI=1S/C15H20N4O2/c1-15(2,3)21-14(20)19-8-11(9-19)17-12-6-4-5-10-7-16-18-13(10)12/h4-7,11,17H,8-9H2,1-3H3,(H,16,18). The number of anilines is 1. The topological polar surface area (TPSA) is 70.2 Å². The van der Waals surface area contributed by atoms with Crippen LogP contribution in [0.4, 0.5) is 10.5 Å². The molecule has 2 aromatic rings. The Kier molecular flexibility index (Phi) is 3.23. The molecule has 0 bridgehead atoms. The number of para-hydroxylation sites is 1. The van der Waals surface area contributed by atoms with E-state index < -0.39 is 5.60 Å². The molecule has 0 spiro atoms. The first-order valence-electron chi connectivity index (χ1n) is 7.09. The zero-order chi connectivity index (χ0) is 15.0. The molecule has 1 amide bonds. The van der Waals surface area contributed by atoms with Crippen molar-refractivity contribution in [2.75, 3.05) is 18.4 Å². The fraction of sp³-hybridized carbons (Fsp3) is 0.467. The van der Waals surface area contributed by atoms with Crippen LogP contribution in [0, 0.1) is 0 Å². The summed E-state index contributed by atoms with van der Waals surface area (Å²) in [7, 11) is 0. The molecule has 3 rings (SSSR count). The van der Waals surface area contributed by atoms with Crippen LogP contribution >= 0.6 is 0 Å². The van der Waals surface area contributed by atoms with Crippen molar-refractivity contribution in [3.05, 3.63) is 24.4 Å². The number of benzene rings is 1. The number of ether oxygens (including phenoxy) is 1. The highest BCUT2D eigenvalue weighted by Crippen LogP contribution is 2.24. The van der Waals surface area contributed by atoms with Crippen LogP contribution in [0.15, 0.2) is 24.4 Å². The summed E-state index contributed by atoms with van der Waals surface area (Å²) < 4.78 is 5.34. The number of aromatic amines is 1. The second-order valence-electron chi connectivity index (χ2n) is 6.37. The molecule has 2 heterocycles. The second kappa shape index (κ2) is 4.95. The lowest BCUT2D eigenvalue weighted by molar-refractivity contribution is 0.0105. The van der Waals surface area contributed by atoms with Crippen LogP contribution in [0.2, 0.25) is 0 Å². The smallest absolute Gasteiger partial charge is 0.410 e. The van der Waals surface area contributed by atoms with E-state index in [9.17, 15) is 4.79 Å². The molecule has 1 aromatic carbocycles. The van der Waals surface area contributed by atoms with Gasteiger partial charge in [-0.05, 0) is 26.8 Å². The maximum Gasteiger partial charge on any atom is 0.410 e. The summed E-state index contributed by atoms with van der Waals surface area (Å²) in [6.07, 6.45) is 1.55. The number of fused-ring (bicyclic) bond motifs is 1. The number of aromatic nitrogens is 2. The predicted molar refractivity (Wildman–Crippen MR) is 81.3 cm³/mol. The number of hydrogen-bond donors (Lipinski definition) is 2. The lowest BCUT2D eigenvalue weighted by atomic mass is 10.1. The Bertz CT molecular complexity index is 653. The average molecular weight is 288 g/mol. The van der Waals surface area contributed by atoms with Crippen molar-refractivity contribution in [3.63, 3.8) is 0 Å². The van der Waals surface area contributed by atoms with Crippen LogP contribution < -0.4 is 5.32 Å². The maximum absolute atomic E-state index is 11.9. The van der Waals surface area contributed by atoms with Gasteiger partial charge in [-0.3, -0.25) is 5.10 Å². The summed E-state index contributed by atoms with van der Waals surface area (Å²) >= 11 is 0. The maximum atomic E-state index is 11.9. The summed E-state index contributed by atoms with van der Waals surface area (Å²) in [5.74, 6) is 0. The first kappa shape index (κ1) is 13.7. The van der Waals surface area contributed by atoms with Gasteiger partial charge in [-0.25, -0.2) is 4.79 Å². The zero-order valence-corrected chi connectivity index (χ0v) is 12.5. The molecule has 0 radical (unpaired) electrons. The summed E-state index contributed by atoms with van der Waals surface area (Å²) in [6, 6.07) is 6.25. The number of hydrogen-bond acceptors (Lipinski definition) is 4. The van der Waals surface area contributed by atoms with Crippen molar-refractivity contribution in [3.8, 4) is 0 Å². The van der Waals surface area contributed by atoms with Gasteiger partial charge < -0.3 is 15.0 Å². The van der Waals surface area contributed by atoms with Crippen molar-refractivity contribution >= 4 is 22.7 Å². The number of carbonyl (C=O) groups excluding carboxylic acids is 1. The average Bonchev–Trinajstić information content (AvgIpc) is 2.79. The molecule has 1 aliphatic heterocycles. The normalized spacial score (nSPS) is 15.9. The van der Waals surface area contributed by atoms with Crippen LogP contribution in [0.3, 0.4) is 0 Å². The van der Waals surface area contributed by atoms with Gasteiger partial charge in [0, 0.05) is 18.5 Å². The number of likely N-dealkylation sites (tertiary alicyclic amines) is 1. The Balaban J connectivity index is 1.58. The first-order valence-corrected chi connectivity index (χ1v) is 7.09. The Labute approximate surface area is 123 Å². The second-order valence-corrected chi connectivity index (χ2v) is 6.37. The van der Waals surface area contributed by atoms with E-state index in [4.69, 9.17) is 4.74 Å². The fourth-order valence-electron chi connectivity index (χ4n) is 2.35. The van der Waals surface area contributed by atoms with Gasteiger partial charge in [-0.1, -0.05) is 12.1 Å². The van der Waals surface area contributed by atoms with Gasteiger partial charge in [-0.2, -0.15) is 5.10 Å². The summed E-state index contributed by atoms with van der Waals surface area (Å²) in [4.78, 5) is 13.6. The van der Waals surface area contributed by atoms with Gasteiger partial charge in [0.25, 0.3) is 0 Å². The van der Waals surface area contributed by atoms with Gasteiger partial charge in [0.15, 0.2) is 0 Å². The van der Waals surface area contributed by atoms with Crippen LogP contribution in [-0.4, -0.2) is 45.9 Å². The minimum Gasteiger partial charge on any atom is -0.444 e. The van der Waals surface area contributed by atoms with Crippen LogP contribution in [0.25, 0.3) is 10.9 Å². The van der Waals surface area contributed by atoms with E-state index in [1.54, 1.807) is 11.1 Å². The molecule has 1 aromatic heterocycles. The molecule has 1 aliphatic rings. The van der Waals surface area contributed by atoms with Crippen LogP contribution in [-0.2, 0) is 4.74 Å². The van der Waals surface area contributed by atoms with E-state index in [2.05, 4.69) is 15.5 Å². The van der Waals surface area contributed by atoms with Gasteiger partial charge in [-0.15, -0.1) is 0 Å². The molecule has 1 fully saturated rings. The molecule has 21 heavy (non-hydrogen) atoms. The monoisotopic (exact) mass is 288 g/mol. The molecule has 2 N–H and O–H groups in total. The van der Waals surface area contributed by atoms with E-state index in [-0.39, 0.29) is 12.1 Å². The van der Waals surface area contributed by atoms with Gasteiger partial charge >= 0.3 is 6.09 Å². The minimum atomic E-state index is -0.447. The van der Waals surface area contributed by atoms with Crippen molar-refractivity contribution in [1.82, 2.24) is 15.1 Å². The number of amides is 1. The molecular weight excluding hydrogens is 268 g/mol. The third kappa shape index (κ3) is 2.94. The molecule has 6 heteroatoms. The quantitative estimate of drug-likeness (QED) is 0.891. The number of rotatable bonds is 2. The molecule has 6 nitrogen and oxygen atoms in total. The summed E-state index contributed by atoms with van der Waals surface area (Å²) in [5.41, 5.74) is 1.56. The molecule has 0 atom stereocenters. The number of H-pyrrole nitrogens is 1. The van der Waals surface area contributed by atoms with Gasteiger partial charge in [0.05, 0.1) is 23.4 Å². The highest BCUT2D eigenvalue weighted by molar-refractivity contribution is 5.90. The fourth-order valence-corrected chi connectivity index (χ4v) is 2.35. The molecule has 1 saturated heterocycles. The van der Waals surface area contributed by atoms with Crippen molar-refractivity contribution in [1.29, 1.82) is 0 Å². The van der Waals surface area contributed by atoms with Crippen LogP contribution in [0.1, 0.15) is 20.8 Å². The van der Waals surface area contributed by atoms with E-state index in [0.29, 0.717) is 13.1 Å². The van der Waals surface area contributed by atoms with Crippen molar-refractivity contribution < 1.29 is 9.53 Å². The SMILES string of the molecule is CC(C)(C)OC(=O)N1CC(Nc2cccc3cn[nH]c23)C1. The third-order valence-electron chi connectivity index (χ3n) is 3.37. The lowest BCUT2D eigenvalue weighted by Gasteiger charge is -2.40. The van der Waals surface area contributed by atoms with Gasteiger partial charge in [0.1, 0.15) is 5.60 Å². The number of nitrogens with zero attached hydrogens (tertiary/aromatic N) is 2.